The number of halogens is 2. The Morgan fingerprint density at radius 2 is 1.78 bits per heavy atom. The zero-order valence-electron chi connectivity index (χ0n) is 18.4. The lowest BCUT2D eigenvalue weighted by Gasteiger charge is -2.44. The summed E-state index contributed by atoms with van der Waals surface area (Å²) in [4.78, 5) is 22.7. The zero-order chi connectivity index (χ0) is 22.5. The first-order valence-corrected chi connectivity index (χ1v) is 12.0. The van der Waals surface area contributed by atoms with Gasteiger partial charge in [-0.25, -0.2) is 9.50 Å². The molecule has 2 aliphatic heterocycles. The summed E-state index contributed by atoms with van der Waals surface area (Å²) < 4.78 is 1.85. The summed E-state index contributed by atoms with van der Waals surface area (Å²) >= 11 is 12.3. The zero-order valence-corrected chi connectivity index (χ0v) is 20.0. The number of carbonyl (C=O) groups is 1. The van der Waals surface area contributed by atoms with Gasteiger partial charge in [0.05, 0.1) is 21.3 Å². The quantitative estimate of drug-likeness (QED) is 0.506. The van der Waals surface area contributed by atoms with Crippen LogP contribution >= 0.6 is 23.2 Å². The smallest absolute Gasteiger partial charge is 0.254 e. The summed E-state index contributed by atoms with van der Waals surface area (Å²) in [7, 11) is 0. The largest absolute Gasteiger partial charge is 0.356 e. The summed E-state index contributed by atoms with van der Waals surface area (Å²) in [6.07, 6.45) is 7.33. The Morgan fingerprint density at radius 3 is 2.53 bits per heavy atom. The van der Waals surface area contributed by atoms with Gasteiger partial charge in [0.1, 0.15) is 5.82 Å². The Balaban J connectivity index is 1.53. The maximum absolute atomic E-state index is 13.5. The lowest BCUT2D eigenvalue weighted by atomic mass is 9.85. The van der Waals surface area contributed by atoms with Gasteiger partial charge in [-0.05, 0) is 64.2 Å². The number of hydrogen-bond donors (Lipinski definition) is 0. The van der Waals surface area contributed by atoms with E-state index in [1.165, 1.54) is 12.8 Å². The fraction of sp³-hybridized carbons (Fsp3) is 0.458. The second-order valence-electron chi connectivity index (χ2n) is 9.09. The molecule has 0 unspecified atom stereocenters. The van der Waals surface area contributed by atoms with E-state index in [4.69, 9.17) is 33.3 Å². The van der Waals surface area contributed by atoms with E-state index in [-0.39, 0.29) is 5.91 Å². The SMILES string of the molecule is Cc1cn2nc([C@]3(C)CCCCN3C(=O)c3ccc(Cl)c(Cl)c3)cc2nc1N1CCCC1. The second kappa shape index (κ2) is 8.23. The number of hydrogen-bond acceptors (Lipinski definition) is 4. The number of fused-ring (bicyclic) bond motifs is 1. The summed E-state index contributed by atoms with van der Waals surface area (Å²) in [6, 6.07) is 7.11. The molecule has 8 heteroatoms. The second-order valence-corrected chi connectivity index (χ2v) is 9.91. The normalized spacial score (nSPS) is 21.5. The minimum absolute atomic E-state index is 0.0512. The molecular formula is C24H27Cl2N5O. The van der Waals surface area contributed by atoms with Gasteiger partial charge in [-0.2, -0.15) is 5.10 Å². The standard InChI is InChI=1S/C24H27Cl2N5O/c1-16-15-31-21(27-22(16)29-10-5-6-11-29)14-20(28-31)24(2)9-3-4-12-30(24)23(32)17-7-8-18(25)19(26)13-17/h7-8,13-15H,3-6,9-12H2,1-2H3/t24-/m0/s1. The summed E-state index contributed by atoms with van der Waals surface area (Å²) in [5.41, 5.74) is 2.84. The summed E-state index contributed by atoms with van der Waals surface area (Å²) in [6.45, 7) is 6.97. The Morgan fingerprint density at radius 1 is 1.03 bits per heavy atom. The van der Waals surface area contributed by atoms with E-state index in [1.54, 1.807) is 18.2 Å². The molecule has 2 aromatic heterocycles. The molecule has 1 atom stereocenters. The van der Waals surface area contributed by atoms with E-state index in [1.807, 2.05) is 15.5 Å². The van der Waals surface area contributed by atoms with Crippen molar-refractivity contribution < 1.29 is 4.79 Å². The van der Waals surface area contributed by atoms with Crippen molar-refractivity contribution in [2.24, 2.45) is 0 Å². The molecule has 0 N–H and O–H groups in total. The average Bonchev–Trinajstić information content (AvgIpc) is 3.45. The number of piperidine rings is 1. The molecule has 3 aromatic rings. The Kier molecular flexibility index (Phi) is 5.54. The van der Waals surface area contributed by atoms with Crippen LogP contribution in [0.4, 0.5) is 5.82 Å². The molecule has 2 saturated heterocycles. The molecule has 6 nitrogen and oxygen atoms in total. The van der Waals surface area contributed by atoms with Crippen LogP contribution in [-0.4, -0.2) is 45.0 Å². The number of amides is 1. The highest BCUT2D eigenvalue weighted by atomic mass is 35.5. The van der Waals surface area contributed by atoms with Crippen molar-refractivity contribution in [3.63, 3.8) is 0 Å². The minimum Gasteiger partial charge on any atom is -0.356 e. The molecule has 4 heterocycles. The molecule has 1 amide bonds. The van der Waals surface area contributed by atoms with Crippen molar-refractivity contribution in [1.29, 1.82) is 0 Å². The third-order valence-corrected chi connectivity index (χ3v) is 7.60. The van der Waals surface area contributed by atoms with Crippen molar-refractivity contribution in [3.8, 4) is 0 Å². The first kappa shape index (κ1) is 21.5. The van der Waals surface area contributed by atoms with Crippen LogP contribution in [0, 0.1) is 6.92 Å². The lowest BCUT2D eigenvalue weighted by molar-refractivity contribution is 0.0348. The fourth-order valence-electron chi connectivity index (χ4n) is 5.01. The van der Waals surface area contributed by atoms with Gasteiger partial charge in [-0.15, -0.1) is 0 Å². The highest BCUT2D eigenvalue weighted by molar-refractivity contribution is 6.42. The molecule has 2 aliphatic rings. The lowest BCUT2D eigenvalue weighted by Crippen LogP contribution is -2.50. The molecule has 0 aliphatic carbocycles. The number of rotatable bonds is 3. The number of nitrogens with zero attached hydrogens (tertiary/aromatic N) is 5. The van der Waals surface area contributed by atoms with Crippen LogP contribution < -0.4 is 4.90 Å². The molecule has 2 fully saturated rings. The van der Waals surface area contributed by atoms with Gasteiger partial charge in [0, 0.05) is 43.0 Å². The molecular weight excluding hydrogens is 445 g/mol. The minimum atomic E-state index is -0.517. The predicted molar refractivity (Wildman–Crippen MR) is 128 cm³/mol. The Hall–Kier alpha value is -2.31. The summed E-state index contributed by atoms with van der Waals surface area (Å²) in [5.74, 6) is 0.990. The van der Waals surface area contributed by atoms with Crippen molar-refractivity contribution in [2.45, 2.75) is 51.5 Å². The Bertz CT molecular complexity index is 1190. The molecule has 1 aromatic carbocycles. The van der Waals surface area contributed by atoms with Gasteiger partial charge >= 0.3 is 0 Å². The van der Waals surface area contributed by atoms with Gasteiger partial charge in [0.15, 0.2) is 5.65 Å². The maximum atomic E-state index is 13.5. The van der Waals surface area contributed by atoms with Crippen LogP contribution in [0.25, 0.3) is 5.65 Å². The topological polar surface area (TPSA) is 53.7 Å². The highest BCUT2D eigenvalue weighted by Gasteiger charge is 2.41. The number of anilines is 1. The molecule has 5 rings (SSSR count). The number of aromatic nitrogens is 3. The molecule has 0 bridgehead atoms. The van der Waals surface area contributed by atoms with E-state index in [9.17, 15) is 4.79 Å². The predicted octanol–water partition coefficient (Wildman–Crippen LogP) is 5.49. The van der Waals surface area contributed by atoms with Gasteiger partial charge in [0.25, 0.3) is 5.91 Å². The van der Waals surface area contributed by atoms with Crippen molar-refractivity contribution >= 4 is 40.6 Å². The number of aryl methyl sites for hydroxylation is 1. The third kappa shape index (κ3) is 3.63. The molecule has 0 radical (unpaired) electrons. The molecule has 168 valence electrons. The maximum Gasteiger partial charge on any atom is 0.254 e. The molecule has 0 spiro atoms. The first-order valence-electron chi connectivity index (χ1n) is 11.3. The van der Waals surface area contributed by atoms with Crippen LogP contribution in [0.2, 0.25) is 10.0 Å². The van der Waals surface area contributed by atoms with E-state index >= 15 is 0 Å². The molecule has 32 heavy (non-hydrogen) atoms. The van der Waals surface area contributed by atoms with E-state index in [2.05, 4.69) is 24.9 Å². The highest BCUT2D eigenvalue weighted by Crippen LogP contribution is 2.38. The van der Waals surface area contributed by atoms with Crippen molar-refractivity contribution in [2.75, 3.05) is 24.5 Å². The summed E-state index contributed by atoms with van der Waals surface area (Å²) in [5, 5.41) is 5.72. The van der Waals surface area contributed by atoms with Crippen LogP contribution in [0.15, 0.2) is 30.5 Å². The number of likely N-dealkylation sites (tertiary alicyclic amines) is 1. The van der Waals surface area contributed by atoms with Crippen LogP contribution in [0.5, 0.6) is 0 Å². The van der Waals surface area contributed by atoms with Crippen molar-refractivity contribution in [1.82, 2.24) is 19.5 Å². The average molecular weight is 472 g/mol. The third-order valence-electron chi connectivity index (χ3n) is 6.87. The van der Waals surface area contributed by atoms with Gasteiger partial charge in [-0.1, -0.05) is 23.2 Å². The van der Waals surface area contributed by atoms with Gasteiger partial charge in [-0.3, -0.25) is 4.79 Å². The van der Waals surface area contributed by atoms with Crippen LogP contribution in [0.3, 0.4) is 0 Å². The first-order chi connectivity index (χ1) is 15.4. The van der Waals surface area contributed by atoms with E-state index < -0.39 is 5.54 Å². The number of carbonyl (C=O) groups excluding carboxylic acids is 1. The van der Waals surface area contributed by atoms with Gasteiger partial charge in [0.2, 0.25) is 0 Å². The van der Waals surface area contributed by atoms with Gasteiger partial charge < -0.3 is 9.80 Å². The monoisotopic (exact) mass is 471 g/mol. The number of benzene rings is 1. The van der Waals surface area contributed by atoms with E-state index in [0.29, 0.717) is 22.2 Å². The Labute approximate surface area is 198 Å². The van der Waals surface area contributed by atoms with Crippen molar-refractivity contribution in [3.05, 3.63) is 57.3 Å². The van der Waals surface area contributed by atoms with Crippen LogP contribution in [0.1, 0.15) is 60.6 Å². The van der Waals surface area contributed by atoms with Crippen LogP contribution in [-0.2, 0) is 5.54 Å². The molecule has 0 saturated carbocycles. The van der Waals surface area contributed by atoms with E-state index in [0.717, 1.165) is 55.1 Å². The fourth-order valence-corrected chi connectivity index (χ4v) is 5.31.